The molecule has 68 valence electrons. The molecule has 1 atom stereocenters. The predicted octanol–water partition coefficient (Wildman–Crippen LogP) is 0.667. The van der Waals surface area contributed by atoms with Crippen LogP contribution in [0.5, 0.6) is 0 Å². The first-order chi connectivity index (χ1) is 6.18. The van der Waals surface area contributed by atoms with E-state index >= 15 is 0 Å². The zero-order valence-corrected chi connectivity index (χ0v) is 7.98. The van der Waals surface area contributed by atoms with E-state index in [1.165, 1.54) is 0 Å². The Labute approximate surface area is 78.6 Å². The molecule has 1 aliphatic rings. The highest BCUT2D eigenvalue weighted by Gasteiger charge is 2.18. The van der Waals surface area contributed by atoms with E-state index in [1.54, 1.807) is 18.4 Å². The molecule has 3 nitrogen and oxygen atoms in total. The van der Waals surface area contributed by atoms with Crippen LogP contribution < -0.4 is 5.32 Å². The van der Waals surface area contributed by atoms with E-state index in [0.717, 1.165) is 5.56 Å². The van der Waals surface area contributed by atoms with Gasteiger partial charge in [-0.3, -0.25) is 9.00 Å². The summed E-state index contributed by atoms with van der Waals surface area (Å²) in [5, 5.41) is 2.71. The molecule has 4 heteroatoms. The fourth-order valence-corrected chi connectivity index (χ4v) is 1.91. The third-order valence-electron chi connectivity index (χ3n) is 2.10. The summed E-state index contributed by atoms with van der Waals surface area (Å²) in [7, 11) is -1.02. The Hall–Kier alpha value is -1.16. The summed E-state index contributed by atoms with van der Waals surface area (Å²) in [6.45, 7) is 0.588. The average molecular weight is 195 g/mol. The Morgan fingerprint density at radius 1 is 1.46 bits per heavy atom. The molecule has 1 N–H and O–H groups in total. The van der Waals surface area contributed by atoms with E-state index in [2.05, 4.69) is 5.32 Å². The van der Waals surface area contributed by atoms with Crippen LogP contribution in [-0.2, 0) is 17.3 Å². The summed E-state index contributed by atoms with van der Waals surface area (Å²) in [6.07, 6.45) is 1.61. The number of nitrogens with one attached hydrogen (secondary N) is 1. The normalized spacial score (nSPS) is 16.5. The summed E-state index contributed by atoms with van der Waals surface area (Å²) in [4.78, 5) is 11.9. The van der Waals surface area contributed by atoms with E-state index < -0.39 is 10.8 Å². The van der Waals surface area contributed by atoms with Crippen molar-refractivity contribution < 1.29 is 9.00 Å². The van der Waals surface area contributed by atoms with Gasteiger partial charge in [0.25, 0.3) is 5.91 Å². The van der Waals surface area contributed by atoms with Crippen molar-refractivity contribution in [2.24, 2.45) is 0 Å². The van der Waals surface area contributed by atoms with Crippen LogP contribution in [0, 0.1) is 0 Å². The first-order valence-corrected chi connectivity index (χ1v) is 5.49. The molecule has 0 saturated heterocycles. The van der Waals surface area contributed by atoms with Crippen LogP contribution in [0.25, 0.3) is 0 Å². The highest BCUT2D eigenvalue weighted by atomic mass is 32.2. The fraction of sp³-hybridized carbons (Fsp3) is 0.222. The van der Waals surface area contributed by atoms with Crippen molar-refractivity contribution in [3.05, 3.63) is 29.3 Å². The Morgan fingerprint density at radius 3 is 2.92 bits per heavy atom. The number of carbonyl (C=O) groups is 1. The summed E-state index contributed by atoms with van der Waals surface area (Å²) < 4.78 is 11.1. The maximum Gasteiger partial charge on any atom is 0.251 e. The first-order valence-electron chi connectivity index (χ1n) is 3.93. The first kappa shape index (κ1) is 8.44. The molecular formula is C9H9NO2S. The summed E-state index contributed by atoms with van der Waals surface area (Å²) in [6, 6.07) is 5.35. The predicted molar refractivity (Wildman–Crippen MR) is 49.9 cm³/mol. The van der Waals surface area contributed by atoms with E-state index in [-0.39, 0.29) is 5.91 Å². The molecule has 1 amide bonds. The van der Waals surface area contributed by atoms with Crippen LogP contribution in [0.2, 0.25) is 0 Å². The van der Waals surface area contributed by atoms with Crippen molar-refractivity contribution in [3.63, 3.8) is 0 Å². The largest absolute Gasteiger partial charge is 0.348 e. The number of fused-ring (bicyclic) bond motifs is 1. The molecule has 0 radical (unpaired) electrons. The summed E-state index contributed by atoms with van der Waals surface area (Å²) in [5.41, 5.74) is 1.65. The van der Waals surface area contributed by atoms with Crippen LogP contribution in [0.1, 0.15) is 15.9 Å². The number of amides is 1. The van der Waals surface area contributed by atoms with Crippen LogP contribution >= 0.6 is 0 Å². The second kappa shape index (κ2) is 2.96. The smallest absolute Gasteiger partial charge is 0.251 e. The van der Waals surface area contributed by atoms with Gasteiger partial charge in [0.15, 0.2) is 0 Å². The number of rotatable bonds is 1. The molecule has 2 rings (SSSR count). The second-order valence-corrected chi connectivity index (χ2v) is 4.34. The maximum atomic E-state index is 11.2. The number of hydrogen-bond donors (Lipinski definition) is 1. The van der Waals surface area contributed by atoms with Crippen LogP contribution in [0.15, 0.2) is 23.1 Å². The molecule has 1 aliphatic heterocycles. The molecule has 0 aromatic heterocycles. The maximum absolute atomic E-state index is 11.2. The Kier molecular flexibility index (Phi) is 1.92. The SMILES string of the molecule is CS(=O)c1ccc2c(c1)C(=O)NC2. The van der Waals surface area contributed by atoms with Crippen molar-refractivity contribution in [3.8, 4) is 0 Å². The van der Waals surface area contributed by atoms with E-state index in [9.17, 15) is 9.00 Å². The van der Waals surface area contributed by atoms with Gasteiger partial charge in [0, 0.05) is 34.1 Å². The topological polar surface area (TPSA) is 46.2 Å². The van der Waals surface area contributed by atoms with Gasteiger partial charge in [0.1, 0.15) is 0 Å². The molecular weight excluding hydrogens is 186 g/mol. The van der Waals surface area contributed by atoms with E-state index in [4.69, 9.17) is 0 Å². The molecule has 13 heavy (non-hydrogen) atoms. The molecule has 1 aromatic carbocycles. The highest BCUT2D eigenvalue weighted by Crippen LogP contribution is 2.18. The molecule has 1 unspecified atom stereocenters. The average Bonchev–Trinajstić information content (AvgIpc) is 2.47. The van der Waals surface area contributed by atoms with Gasteiger partial charge in [-0.15, -0.1) is 0 Å². The Balaban J connectivity index is 2.54. The van der Waals surface area contributed by atoms with E-state index in [1.807, 2.05) is 6.07 Å². The van der Waals surface area contributed by atoms with Gasteiger partial charge in [-0.1, -0.05) is 6.07 Å². The van der Waals surface area contributed by atoms with Gasteiger partial charge in [-0.2, -0.15) is 0 Å². The van der Waals surface area contributed by atoms with Crippen LogP contribution in [-0.4, -0.2) is 16.4 Å². The Bertz CT molecular complexity index is 401. The minimum Gasteiger partial charge on any atom is -0.348 e. The molecule has 1 aromatic rings. The lowest BCUT2D eigenvalue weighted by molar-refractivity contribution is 0.0965. The minimum absolute atomic E-state index is 0.0673. The quantitative estimate of drug-likeness (QED) is 0.715. The number of benzene rings is 1. The zero-order chi connectivity index (χ0) is 9.42. The van der Waals surface area contributed by atoms with Gasteiger partial charge >= 0.3 is 0 Å². The Morgan fingerprint density at radius 2 is 2.23 bits per heavy atom. The lowest BCUT2D eigenvalue weighted by atomic mass is 10.1. The standard InChI is InChI=1S/C9H9NO2S/c1-13(12)7-3-2-6-5-10-9(11)8(6)4-7/h2-4H,5H2,1H3,(H,10,11). The third kappa shape index (κ3) is 1.37. The number of hydrogen-bond acceptors (Lipinski definition) is 2. The second-order valence-electron chi connectivity index (χ2n) is 2.96. The lowest BCUT2D eigenvalue weighted by Crippen LogP contribution is -2.12. The van der Waals surface area contributed by atoms with Crippen molar-refractivity contribution >= 4 is 16.7 Å². The summed E-state index contributed by atoms with van der Waals surface area (Å²) >= 11 is 0. The van der Waals surface area contributed by atoms with Crippen molar-refractivity contribution in [1.29, 1.82) is 0 Å². The van der Waals surface area contributed by atoms with Crippen molar-refractivity contribution in [2.45, 2.75) is 11.4 Å². The molecule has 0 bridgehead atoms. The minimum atomic E-state index is -1.02. The monoisotopic (exact) mass is 195 g/mol. The van der Waals surface area contributed by atoms with Crippen molar-refractivity contribution in [2.75, 3.05) is 6.26 Å². The highest BCUT2D eigenvalue weighted by molar-refractivity contribution is 7.84. The molecule has 0 aliphatic carbocycles. The molecule has 0 fully saturated rings. The lowest BCUT2D eigenvalue weighted by Gasteiger charge is -1.98. The number of carbonyl (C=O) groups excluding carboxylic acids is 1. The third-order valence-corrected chi connectivity index (χ3v) is 3.02. The van der Waals surface area contributed by atoms with Gasteiger partial charge in [-0.05, 0) is 17.7 Å². The molecule has 0 spiro atoms. The van der Waals surface area contributed by atoms with Gasteiger partial charge in [0.2, 0.25) is 0 Å². The van der Waals surface area contributed by atoms with Crippen LogP contribution in [0.4, 0.5) is 0 Å². The zero-order valence-electron chi connectivity index (χ0n) is 7.16. The fourth-order valence-electron chi connectivity index (χ4n) is 1.37. The van der Waals surface area contributed by atoms with Gasteiger partial charge in [0.05, 0.1) is 0 Å². The van der Waals surface area contributed by atoms with Crippen LogP contribution in [0.3, 0.4) is 0 Å². The van der Waals surface area contributed by atoms with Gasteiger partial charge in [-0.25, -0.2) is 0 Å². The summed E-state index contributed by atoms with van der Waals surface area (Å²) in [5.74, 6) is -0.0673. The molecule has 1 heterocycles. The van der Waals surface area contributed by atoms with Crippen molar-refractivity contribution in [1.82, 2.24) is 5.32 Å². The van der Waals surface area contributed by atoms with Gasteiger partial charge < -0.3 is 5.32 Å². The van der Waals surface area contributed by atoms with E-state index in [0.29, 0.717) is 17.0 Å². The molecule has 0 saturated carbocycles.